The molecule has 0 saturated carbocycles. The lowest BCUT2D eigenvalue weighted by molar-refractivity contribution is -0.775. The minimum atomic E-state index is -0.830. The Kier molecular flexibility index (Phi) is 16.1. The molecular formula is C26H48N3O2+. The van der Waals surface area contributed by atoms with Gasteiger partial charge in [-0.2, -0.15) is 4.99 Å². The van der Waals surface area contributed by atoms with E-state index in [1.807, 2.05) is 12.3 Å². The van der Waals surface area contributed by atoms with Crippen LogP contribution in [-0.2, 0) is 4.79 Å². The summed E-state index contributed by atoms with van der Waals surface area (Å²) in [6.45, 7) is 3.27. The third kappa shape index (κ3) is 12.9. The Hall–Kier alpha value is -1.46. The molecule has 0 fully saturated rings. The molecule has 0 aliphatic carbocycles. The maximum absolute atomic E-state index is 11.2. The van der Waals surface area contributed by atoms with Gasteiger partial charge in [-0.3, -0.25) is 0 Å². The fraction of sp³-hybridized carbons (Fsp3) is 0.769. The van der Waals surface area contributed by atoms with Crippen LogP contribution in [-0.4, -0.2) is 41.0 Å². The zero-order chi connectivity index (χ0) is 22.6. The summed E-state index contributed by atoms with van der Waals surface area (Å²) in [6.07, 6.45) is 29.3. The van der Waals surface area contributed by atoms with Gasteiger partial charge < -0.3 is 10.8 Å². The van der Waals surface area contributed by atoms with Crippen molar-refractivity contribution in [2.75, 3.05) is 19.6 Å². The molecule has 1 heterocycles. The molecule has 5 heteroatoms. The van der Waals surface area contributed by atoms with Crippen molar-refractivity contribution in [3.8, 4) is 0 Å². The van der Waals surface area contributed by atoms with Crippen LogP contribution in [0.25, 0.3) is 0 Å². The molecule has 0 bridgehead atoms. The number of hydrogen-bond donors (Lipinski definition) is 2. The molecule has 1 aliphatic heterocycles. The predicted octanol–water partition coefficient (Wildman–Crippen LogP) is 6.55. The van der Waals surface area contributed by atoms with E-state index in [-0.39, 0.29) is 11.0 Å². The standard InChI is InChI=1S/C26H47N3O2/c1-2-3-4-5-6-7-8-9-10-11-12-13-14-15-16-17-18-19-25-28-21-23-29(25,22-20-27)24-26(30)31/h18-19,21,23H,2-17,20,22,24,27H2,1H3/p+1/b19-18+. The molecule has 0 spiro atoms. The number of nitrogens with zero attached hydrogens (tertiary/aromatic N) is 2. The summed E-state index contributed by atoms with van der Waals surface area (Å²) >= 11 is 0. The van der Waals surface area contributed by atoms with E-state index in [0.717, 1.165) is 12.3 Å². The van der Waals surface area contributed by atoms with Crippen LogP contribution in [0.4, 0.5) is 0 Å². The molecule has 1 rings (SSSR count). The Morgan fingerprint density at radius 1 is 0.935 bits per heavy atom. The van der Waals surface area contributed by atoms with E-state index in [9.17, 15) is 9.90 Å². The number of amidine groups is 1. The largest absolute Gasteiger partial charge is 0.477 e. The molecule has 0 aromatic heterocycles. The Bertz CT molecular complexity index is 557. The summed E-state index contributed by atoms with van der Waals surface area (Å²) in [5.74, 6) is -0.0441. The Morgan fingerprint density at radius 3 is 1.94 bits per heavy atom. The van der Waals surface area contributed by atoms with Gasteiger partial charge in [0.2, 0.25) is 5.84 Å². The van der Waals surface area contributed by atoms with Gasteiger partial charge in [-0.1, -0.05) is 103 Å². The fourth-order valence-corrected chi connectivity index (χ4v) is 4.32. The van der Waals surface area contributed by atoms with Crippen molar-refractivity contribution in [1.29, 1.82) is 0 Å². The average Bonchev–Trinajstić information content (AvgIpc) is 3.11. The SMILES string of the molecule is CCCCCCCCCCCCCCCCC/C=C/C1=NC=C[N+]1(CCN)CC(=O)O. The van der Waals surface area contributed by atoms with Crippen LogP contribution < -0.4 is 5.73 Å². The smallest absolute Gasteiger partial charge is 0.360 e. The Balaban J connectivity index is 1.99. The first-order chi connectivity index (χ1) is 15.1. The number of carboxylic acid groups (broad SMARTS) is 1. The molecule has 1 unspecified atom stereocenters. The van der Waals surface area contributed by atoms with Crippen molar-refractivity contribution in [2.45, 2.75) is 110 Å². The number of aliphatic carboxylic acids is 1. The van der Waals surface area contributed by atoms with Gasteiger partial charge in [0, 0.05) is 12.6 Å². The second-order valence-electron chi connectivity index (χ2n) is 9.02. The van der Waals surface area contributed by atoms with E-state index in [4.69, 9.17) is 5.73 Å². The van der Waals surface area contributed by atoms with E-state index in [1.165, 1.54) is 96.3 Å². The quantitative estimate of drug-likeness (QED) is 0.159. The zero-order valence-corrected chi connectivity index (χ0v) is 20.1. The van der Waals surface area contributed by atoms with Gasteiger partial charge in [-0.15, -0.1) is 0 Å². The third-order valence-electron chi connectivity index (χ3n) is 6.20. The summed E-state index contributed by atoms with van der Waals surface area (Å²) in [5.41, 5.74) is 5.70. The molecular weight excluding hydrogens is 386 g/mol. The molecule has 0 aromatic rings. The van der Waals surface area contributed by atoms with Crippen LogP contribution in [0.1, 0.15) is 110 Å². The van der Waals surface area contributed by atoms with Crippen molar-refractivity contribution in [3.05, 3.63) is 24.6 Å². The van der Waals surface area contributed by atoms with E-state index < -0.39 is 5.97 Å². The maximum Gasteiger partial charge on any atom is 0.360 e. The Morgan fingerprint density at radius 2 is 1.45 bits per heavy atom. The number of nitrogens with two attached hydrogens (primary N) is 1. The molecule has 0 aromatic carbocycles. The number of rotatable bonds is 21. The van der Waals surface area contributed by atoms with Crippen LogP contribution in [0.2, 0.25) is 0 Å². The highest BCUT2D eigenvalue weighted by atomic mass is 16.4. The summed E-state index contributed by atoms with van der Waals surface area (Å²) in [5, 5.41) is 9.23. The van der Waals surface area contributed by atoms with E-state index in [1.54, 1.807) is 6.20 Å². The highest BCUT2D eigenvalue weighted by molar-refractivity contribution is 5.90. The fourth-order valence-electron chi connectivity index (χ4n) is 4.32. The van der Waals surface area contributed by atoms with Gasteiger partial charge in [0.1, 0.15) is 12.7 Å². The van der Waals surface area contributed by atoms with Crippen molar-refractivity contribution >= 4 is 11.8 Å². The third-order valence-corrected chi connectivity index (χ3v) is 6.20. The number of carbonyl (C=O) groups is 1. The maximum atomic E-state index is 11.2. The second-order valence-corrected chi connectivity index (χ2v) is 9.02. The lowest BCUT2D eigenvalue weighted by atomic mass is 10.0. The van der Waals surface area contributed by atoms with Crippen molar-refractivity contribution in [2.24, 2.45) is 10.7 Å². The number of quaternary nitrogens is 1. The number of carboxylic acids is 1. The molecule has 1 aliphatic rings. The molecule has 0 radical (unpaired) electrons. The van der Waals surface area contributed by atoms with Gasteiger partial charge in [0.25, 0.3) is 0 Å². The minimum absolute atomic E-state index is 0.00413. The van der Waals surface area contributed by atoms with Crippen LogP contribution in [0.3, 0.4) is 0 Å². The molecule has 0 saturated heterocycles. The molecule has 31 heavy (non-hydrogen) atoms. The van der Waals surface area contributed by atoms with Crippen molar-refractivity contribution in [3.63, 3.8) is 0 Å². The highest BCUT2D eigenvalue weighted by Crippen LogP contribution is 2.18. The number of aliphatic imine (C=N–C) groups is 1. The first-order valence-corrected chi connectivity index (χ1v) is 12.9. The molecule has 1 atom stereocenters. The van der Waals surface area contributed by atoms with Gasteiger partial charge in [-0.25, -0.2) is 9.28 Å². The summed E-state index contributed by atoms with van der Waals surface area (Å²) in [7, 11) is 0. The Labute approximate surface area is 191 Å². The average molecular weight is 435 g/mol. The van der Waals surface area contributed by atoms with Gasteiger partial charge in [-0.05, 0) is 12.8 Å². The van der Waals surface area contributed by atoms with E-state index >= 15 is 0 Å². The van der Waals surface area contributed by atoms with E-state index in [2.05, 4.69) is 18.0 Å². The van der Waals surface area contributed by atoms with Crippen LogP contribution >= 0.6 is 0 Å². The first-order valence-electron chi connectivity index (χ1n) is 12.9. The summed E-state index contributed by atoms with van der Waals surface area (Å²) < 4.78 is 0.223. The lowest BCUT2D eigenvalue weighted by Gasteiger charge is -2.28. The lowest BCUT2D eigenvalue weighted by Crippen LogP contribution is -2.51. The van der Waals surface area contributed by atoms with Crippen LogP contribution in [0, 0.1) is 0 Å². The number of hydrogen-bond acceptors (Lipinski definition) is 3. The van der Waals surface area contributed by atoms with Gasteiger partial charge in [0.05, 0.1) is 6.20 Å². The molecule has 178 valence electrons. The zero-order valence-electron chi connectivity index (χ0n) is 20.1. The van der Waals surface area contributed by atoms with Gasteiger partial charge in [0.15, 0.2) is 6.54 Å². The van der Waals surface area contributed by atoms with Crippen molar-refractivity contribution < 1.29 is 14.4 Å². The highest BCUT2D eigenvalue weighted by Gasteiger charge is 2.35. The predicted molar refractivity (Wildman–Crippen MR) is 132 cm³/mol. The molecule has 5 nitrogen and oxygen atoms in total. The normalized spacial score (nSPS) is 18.2. The monoisotopic (exact) mass is 434 g/mol. The summed E-state index contributed by atoms with van der Waals surface area (Å²) in [4.78, 5) is 15.6. The van der Waals surface area contributed by atoms with E-state index in [0.29, 0.717) is 13.1 Å². The molecule has 0 amide bonds. The minimum Gasteiger partial charge on any atom is -0.477 e. The second kappa shape index (κ2) is 18.1. The summed E-state index contributed by atoms with van der Waals surface area (Å²) in [6, 6.07) is 0. The number of unbranched alkanes of at least 4 members (excludes halogenated alkanes) is 15. The molecule has 3 N–H and O–H groups in total. The number of allylic oxidation sites excluding steroid dienone is 1. The first kappa shape index (κ1) is 27.6. The van der Waals surface area contributed by atoms with Crippen LogP contribution in [0.15, 0.2) is 29.5 Å². The van der Waals surface area contributed by atoms with Crippen LogP contribution in [0.5, 0.6) is 0 Å². The van der Waals surface area contributed by atoms with Gasteiger partial charge >= 0.3 is 5.97 Å². The van der Waals surface area contributed by atoms with Crippen molar-refractivity contribution in [1.82, 2.24) is 0 Å². The topological polar surface area (TPSA) is 75.7 Å².